The van der Waals surface area contributed by atoms with Crippen molar-refractivity contribution in [1.29, 1.82) is 0 Å². The molecule has 2 rings (SSSR count). The molecule has 6 heteroatoms. The lowest BCUT2D eigenvalue weighted by Crippen LogP contribution is -2.44. The van der Waals surface area contributed by atoms with Crippen molar-refractivity contribution in [3.05, 3.63) is 29.8 Å². The maximum Gasteiger partial charge on any atom is 0.406 e. The van der Waals surface area contributed by atoms with Gasteiger partial charge >= 0.3 is 6.18 Å². The van der Waals surface area contributed by atoms with E-state index >= 15 is 0 Å². The summed E-state index contributed by atoms with van der Waals surface area (Å²) in [5.74, 6) is -0.197. The summed E-state index contributed by atoms with van der Waals surface area (Å²) in [7, 11) is 1.54. The number of halogens is 3. The number of hydrogen-bond donors (Lipinski definition) is 0. The summed E-state index contributed by atoms with van der Waals surface area (Å²) in [4.78, 5) is 13.3. The topological polar surface area (TPSA) is 29.5 Å². The molecule has 1 saturated carbocycles. The number of carbonyl (C=O) groups excluding carboxylic acids is 1. The molecule has 0 saturated heterocycles. The van der Waals surface area contributed by atoms with Gasteiger partial charge < -0.3 is 9.64 Å². The fourth-order valence-electron chi connectivity index (χ4n) is 2.71. The molecule has 1 fully saturated rings. The molecule has 0 spiro atoms. The predicted molar refractivity (Wildman–Crippen MR) is 76.7 cm³/mol. The molecular formula is C16H20F3NO2. The second-order valence-corrected chi connectivity index (χ2v) is 5.87. The molecule has 1 amide bonds. The largest absolute Gasteiger partial charge is 0.496 e. The molecule has 0 aliphatic heterocycles. The zero-order chi connectivity index (χ0) is 16.5. The first-order chi connectivity index (χ1) is 10.2. The highest BCUT2D eigenvalue weighted by atomic mass is 19.4. The van der Waals surface area contributed by atoms with Crippen LogP contribution in [0.15, 0.2) is 24.3 Å². The van der Waals surface area contributed by atoms with Crippen molar-refractivity contribution in [2.24, 2.45) is 5.92 Å². The monoisotopic (exact) mass is 315 g/mol. The van der Waals surface area contributed by atoms with E-state index < -0.39 is 24.7 Å². The van der Waals surface area contributed by atoms with Crippen LogP contribution in [0.5, 0.6) is 5.75 Å². The van der Waals surface area contributed by atoms with Gasteiger partial charge in [0.15, 0.2) is 0 Å². The third-order valence-electron chi connectivity index (χ3n) is 3.90. The first-order valence-corrected chi connectivity index (χ1v) is 7.24. The van der Waals surface area contributed by atoms with E-state index in [4.69, 9.17) is 4.74 Å². The number of methoxy groups -OCH3 is 1. The third kappa shape index (κ3) is 3.72. The zero-order valence-corrected chi connectivity index (χ0v) is 12.9. The molecule has 2 atom stereocenters. The zero-order valence-electron chi connectivity index (χ0n) is 12.9. The lowest BCUT2D eigenvalue weighted by molar-refractivity contribution is -0.165. The van der Waals surface area contributed by atoms with Crippen LogP contribution in [0.3, 0.4) is 0 Å². The normalized spacial score (nSPS) is 20.9. The molecule has 1 aliphatic carbocycles. The fourth-order valence-corrected chi connectivity index (χ4v) is 2.71. The van der Waals surface area contributed by atoms with Crippen molar-refractivity contribution in [3.8, 4) is 5.75 Å². The van der Waals surface area contributed by atoms with Crippen molar-refractivity contribution in [2.75, 3.05) is 13.7 Å². The highest BCUT2D eigenvalue weighted by molar-refractivity contribution is 5.83. The Labute approximate surface area is 128 Å². The van der Waals surface area contributed by atoms with E-state index in [-0.39, 0.29) is 11.8 Å². The Morgan fingerprint density at radius 3 is 2.55 bits per heavy atom. The van der Waals surface area contributed by atoms with Gasteiger partial charge in [-0.2, -0.15) is 13.2 Å². The molecule has 1 aromatic rings. The van der Waals surface area contributed by atoms with E-state index in [2.05, 4.69) is 0 Å². The van der Waals surface area contributed by atoms with Crippen LogP contribution in [0.4, 0.5) is 13.2 Å². The van der Waals surface area contributed by atoms with E-state index in [1.807, 2.05) is 18.2 Å². The predicted octanol–water partition coefficient (Wildman–Crippen LogP) is 3.60. The van der Waals surface area contributed by atoms with Gasteiger partial charge in [0.25, 0.3) is 0 Å². The van der Waals surface area contributed by atoms with Crippen molar-refractivity contribution in [1.82, 2.24) is 4.90 Å². The number of alkyl halides is 3. The van der Waals surface area contributed by atoms with Gasteiger partial charge in [-0.15, -0.1) is 0 Å². The first kappa shape index (κ1) is 16.6. The second kappa shape index (κ2) is 6.18. The number of hydrogen-bond acceptors (Lipinski definition) is 2. The summed E-state index contributed by atoms with van der Waals surface area (Å²) in [5.41, 5.74) is 0.888. The lowest BCUT2D eigenvalue weighted by atomic mass is 10.1. The van der Waals surface area contributed by atoms with E-state index in [1.54, 1.807) is 27.0 Å². The standard InChI is InChI=1S/C16H20F3NO2/c1-10(2)20(9-16(17,18)19)15(21)13-8-12(13)11-6-4-5-7-14(11)22-3/h4-7,10,12-13H,8-9H2,1-3H3/t12-,13-/m0/s1. The molecular weight excluding hydrogens is 295 g/mol. The summed E-state index contributed by atoms with van der Waals surface area (Å²) < 4.78 is 43.2. The van der Waals surface area contributed by atoms with Crippen LogP contribution in [0.25, 0.3) is 0 Å². The van der Waals surface area contributed by atoms with Crippen LogP contribution in [-0.4, -0.2) is 36.7 Å². The molecule has 0 heterocycles. The van der Waals surface area contributed by atoms with Gasteiger partial charge in [0.1, 0.15) is 12.3 Å². The van der Waals surface area contributed by atoms with Gasteiger partial charge in [-0.25, -0.2) is 0 Å². The van der Waals surface area contributed by atoms with Gasteiger partial charge in [0.05, 0.1) is 7.11 Å². The average molecular weight is 315 g/mol. The van der Waals surface area contributed by atoms with Gasteiger partial charge in [0.2, 0.25) is 5.91 Å². The van der Waals surface area contributed by atoms with Gasteiger partial charge in [-0.3, -0.25) is 4.79 Å². The number of para-hydroxylation sites is 1. The molecule has 0 bridgehead atoms. The quantitative estimate of drug-likeness (QED) is 0.831. The number of amides is 1. The molecule has 0 radical (unpaired) electrons. The Kier molecular flexibility index (Phi) is 4.68. The number of carbonyl (C=O) groups is 1. The lowest BCUT2D eigenvalue weighted by Gasteiger charge is -2.28. The van der Waals surface area contributed by atoms with Gasteiger partial charge in [0, 0.05) is 12.0 Å². The van der Waals surface area contributed by atoms with Gasteiger partial charge in [-0.05, 0) is 37.8 Å². The van der Waals surface area contributed by atoms with Crippen LogP contribution >= 0.6 is 0 Å². The highest BCUT2D eigenvalue weighted by Gasteiger charge is 2.48. The number of benzene rings is 1. The number of ether oxygens (including phenoxy) is 1. The number of nitrogens with zero attached hydrogens (tertiary/aromatic N) is 1. The smallest absolute Gasteiger partial charge is 0.406 e. The summed E-state index contributed by atoms with van der Waals surface area (Å²) in [5, 5.41) is 0. The van der Waals surface area contributed by atoms with Crippen molar-refractivity contribution < 1.29 is 22.7 Å². The van der Waals surface area contributed by atoms with Crippen molar-refractivity contribution >= 4 is 5.91 Å². The molecule has 3 nitrogen and oxygen atoms in total. The minimum Gasteiger partial charge on any atom is -0.496 e. The molecule has 0 aromatic heterocycles. The maximum atomic E-state index is 12.6. The Hall–Kier alpha value is -1.72. The maximum absolute atomic E-state index is 12.6. The minimum atomic E-state index is -4.38. The average Bonchev–Trinajstić information content (AvgIpc) is 3.23. The summed E-state index contributed by atoms with van der Waals surface area (Å²) in [6, 6.07) is 6.85. The van der Waals surface area contributed by atoms with Gasteiger partial charge in [-0.1, -0.05) is 18.2 Å². The third-order valence-corrected chi connectivity index (χ3v) is 3.90. The van der Waals surface area contributed by atoms with E-state index in [1.165, 1.54) is 0 Å². The van der Waals surface area contributed by atoms with Crippen LogP contribution in [0.2, 0.25) is 0 Å². The molecule has 1 aliphatic rings. The van der Waals surface area contributed by atoms with Crippen molar-refractivity contribution in [3.63, 3.8) is 0 Å². The molecule has 22 heavy (non-hydrogen) atoms. The minimum absolute atomic E-state index is 0.0573. The first-order valence-electron chi connectivity index (χ1n) is 7.24. The summed E-state index contributed by atoms with van der Waals surface area (Å²) >= 11 is 0. The number of rotatable bonds is 5. The van der Waals surface area contributed by atoms with Crippen molar-refractivity contribution in [2.45, 2.75) is 38.4 Å². The van der Waals surface area contributed by atoms with Crippen LogP contribution in [0, 0.1) is 5.92 Å². The summed E-state index contributed by atoms with van der Waals surface area (Å²) in [6.07, 6.45) is -3.81. The van der Waals surface area contributed by atoms with Crippen LogP contribution in [-0.2, 0) is 4.79 Å². The van der Waals surface area contributed by atoms with Crippen LogP contribution in [0.1, 0.15) is 31.7 Å². The molecule has 0 unspecified atom stereocenters. The van der Waals surface area contributed by atoms with E-state index in [0.717, 1.165) is 10.5 Å². The fraction of sp³-hybridized carbons (Fsp3) is 0.562. The highest BCUT2D eigenvalue weighted by Crippen LogP contribution is 2.51. The Bertz CT molecular complexity index is 542. The SMILES string of the molecule is COc1ccccc1[C@@H]1C[C@@H]1C(=O)N(CC(F)(F)F)C(C)C. The Morgan fingerprint density at radius 2 is 2.00 bits per heavy atom. The molecule has 0 N–H and O–H groups in total. The van der Waals surface area contributed by atoms with E-state index in [0.29, 0.717) is 12.2 Å². The molecule has 122 valence electrons. The van der Waals surface area contributed by atoms with E-state index in [9.17, 15) is 18.0 Å². The summed E-state index contributed by atoms with van der Waals surface area (Å²) in [6.45, 7) is 2.01. The Balaban J connectivity index is 2.11. The molecule has 1 aromatic carbocycles. The van der Waals surface area contributed by atoms with Crippen LogP contribution < -0.4 is 4.74 Å². The second-order valence-electron chi connectivity index (χ2n) is 5.87. The Morgan fingerprint density at radius 1 is 1.36 bits per heavy atom.